The van der Waals surface area contributed by atoms with E-state index in [0.29, 0.717) is 0 Å². The van der Waals surface area contributed by atoms with Crippen molar-refractivity contribution in [1.82, 2.24) is 9.80 Å². The van der Waals surface area contributed by atoms with Crippen molar-refractivity contribution < 1.29 is 14.7 Å². The molecule has 0 radical (unpaired) electrons. The van der Waals surface area contributed by atoms with Crippen LogP contribution in [0, 0.1) is 0 Å². The Morgan fingerprint density at radius 3 is 2.40 bits per heavy atom. The maximum atomic E-state index is 12.6. The molecule has 1 amide bonds. The molecule has 20 heavy (non-hydrogen) atoms. The van der Waals surface area contributed by atoms with Crippen LogP contribution in [0.2, 0.25) is 0 Å². The number of carbonyl (C=O) groups is 2. The molecule has 0 aromatic heterocycles. The van der Waals surface area contributed by atoms with Crippen LogP contribution in [0.3, 0.4) is 0 Å². The van der Waals surface area contributed by atoms with E-state index in [4.69, 9.17) is 5.11 Å². The van der Waals surface area contributed by atoms with Gasteiger partial charge >= 0.3 is 5.97 Å². The third-order valence-corrected chi connectivity index (χ3v) is 4.61. The number of carbonyl (C=O) groups excluding carboxylic acids is 1. The van der Waals surface area contributed by atoms with E-state index in [0.717, 1.165) is 51.7 Å². The van der Waals surface area contributed by atoms with E-state index < -0.39 is 5.97 Å². The maximum Gasteiger partial charge on any atom is 0.304 e. The van der Waals surface area contributed by atoms with Crippen molar-refractivity contribution in [1.29, 1.82) is 0 Å². The number of likely N-dealkylation sites (tertiary alicyclic amines) is 2. The van der Waals surface area contributed by atoms with Gasteiger partial charge in [-0.15, -0.1) is 0 Å². The molecule has 2 saturated heterocycles. The highest BCUT2D eigenvalue weighted by molar-refractivity contribution is 5.81. The van der Waals surface area contributed by atoms with Crippen molar-refractivity contribution in [3.63, 3.8) is 0 Å². The van der Waals surface area contributed by atoms with E-state index in [1.165, 1.54) is 6.42 Å². The minimum atomic E-state index is -0.764. The van der Waals surface area contributed by atoms with Gasteiger partial charge in [0.2, 0.25) is 5.91 Å². The number of amides is 1. The molecule has 2 rings (SSSR count). The number of carboxylic acid groups (broad SMARTS) is 1. The van der Waals surface area contributed by atoms with Crippen molar-refractivity contribution >= 4 is 11.9 Å². The number of hydrogen-bond acceptors (Lipinski definition) is 3. The highest BCUT2D eigenvalue weighted by Gasteiger charge is 2.33. The van der Waals surface area contributed by atoms with Gasteiger partial charge in [-0.05, 0) is 45.6 Å². The van der Waals surface area contributed by atoms with E-state index in [-0.39, 0.29) is 24.4 Å². The number of carboxylic acids is 1. The number of hydrogen-bond donors (Lipinski definition) is 1. The fourth-order valence-corrected chi connectivity index (χ4v) is 3.47. The van der Waals surface area contributed by atoms with Crippen molar-refractivity contribution in [3.05, 3.63) is 0 Å². The average molecular weight is 282 g/mol. The largest absolute Gasteiger partial charge is 0.481 e. The maximum absolute atomic E-state index is 12.6. The van der Waals surface area contributed by atoms with Gasteiger partial charge in [-0.25, -0.2) is 0 Å². The fraction of sp³-hybridized carbons (Fsp3) is 0.867. The molecule has 0 saturated carbocycles. The molecule has 5 nitrogen and oxygen atoms in total. The van der Waals surface area contributed by atoms with E-state index >= 15 is 0 Å². The van der Waals surface area contributed by atoms with Crippen molar-refractivity contribution in [2.75, 3.05) is 19.6 Å². The Kier molecular flexibility index (Phi) is 5.40. The summed E-state index contributed by atoms with van der Waals surface area (Å²) in [4.78, 5) is 27.6. The summed E-state index contributed by atoms with van der Waals surface area (Å²) in [5.41, 5.74) is 0. The molecule has 2 unspecified atom stereocenters. The third-order valence-electron chi connectivity index (χ3n) is 4.61. The second kappa shape index (κ2) is 7.07. The lowest BCUT2D eigenvalue weighted by atomic mass is 9.97. The normalized spacial score (nSPS) is 26.2. The van der Waals surface area contributed by atoms with Crippen LogP contribution >= 0.6 is 0 Å². The average Bonchev–Trinajstić information content (AvgIpc) is 2.46. The molecule has 2 heterocycles. The van der Waals surface area contributed by atoms with E-state index in [9.17, 15) is 9.59 Å². The summed E-state index contributed by atoms with van der Waals surface area (Å²) in [7, 11) is 0. The van der Waals surface area contributed by atoms with Crippen LogP contribution in [-0.4, -0.2) is 58.5 Å². The summed E-state index contributed by atoms with van der Waals surface area (Å²) in [5, 5.41) is 9.03. The second-order valence-corrected chi connectivity index (χ2v) is 6.05. The molecular formula is C15H26N2O3. The van der Waals surface area contributed by atoms with Gasteiger partial charge < -0.3 is 10.0 Å². The molecule has 2 atom stereocenters. The standard InChI is InChI=1S/C15H26N2O3/c1-12(15(20)16-8-4-2-5-9-16)17-10-6-3-7-13(17)11-14(18)19/h12-13H,2-11H2,1H3,(H,18,19). The first-order valence-electron chi connectivity index (χ1n) is 7.86. The molecule has 114 valence electrons. The Morgan fingerprint density at radius 2 is 1.75 bits per heavy atom. The first kappa shape index (κ1) is 15.3. The van der Waals surface area contributed by atoms with Crippen molar-refractivity contribution in [3.8, 4) is 0 Å². The molecule has 2 aliphatic rings. The van der Waals surface area contributed by atoms with E-state index in [1.54, 1.807) is 0 Å². The van der Waals surface area contributed by atoms with Gasteiger partial charge in [-0.1, -0.05) is 6.42 Å². The van der Waals surface area contributed by atoms with Gasteiger partial charge in [0.25, 0.3) is 0 Å². The summed E-state index contributed by atoms with van der Waals surface area (Å²) >= 11 is 0. The minimum Gasteiger partial charge on any atom is -0.481 e. The molecule has 2 fully saturated rings. The summed E-state index contributed by atoms with van der Waals surface area (Å²) < 4.78 is 0. The van der Waals surface area contributed by atoms with Crippen LogP contribution in [0.1, 0.15) is 51.9 Å². The lowest BCUT2D eigenvalue weighted by Gasteiger charge is -2.40. The Morgan fingerprint density at radius 1 is 1.10 bits per heavy atom. The molecule has 0 aromatic rings. The van der Waals surface area contributed by atoms with Crippen LogP contribution in [0.15, 0.2) is 0 Å². The molecular weight excluding hydrogens is 256 g/mol. The Bertz CT molecular complexity index is 353. The Hall–Kier alpha value is -1.10. The summed E-state index contributed by atoms with van der Waals surface area (Å²) in [5.74, 6) is -0.582. The van der Waals surface area contributed by atoms with Gasteiger partial charge in [0.15, 0.2) is 0 Å². The minimum absolute atomic E-state index is 0.0185. The monoisotopic (exact) mass is 282 g/mol. The van der Waals surface area contributed by atoms with Crippen LogP contribution in [0.25, 0.3) is 0 Å². The summed E-state index contributed by atoms with van der Waals surface area (Å²) in [6.07, 6.45) is 6.58. The Labute approximate surface area is 120 Å². The predicted octanol–water partition coefficient (Wildman–Crippen LogP) is 1.72. The molecule has 5 heteroatoms. The second-order valence-electron chi connectivity index (χ2n) is 6.05. The highest BCUT2D eigenvalue weighted by Crippen LogP contribution is 2.23. The zero-order valence-electron chi connectivity index (χ0n) is 12.4. The van der Waals surface area contributed by atoms with Crippen molar-refractivity contribution in [2.45, 2.75) is 64.0 Å². The predicted molar refractivity (Wildman–Crippen MR) is 76.5 cm³/mol. The molecule has 0 bridgehead atoms. The van der Waals surface area contributed by atoms with Crippen LogP contribution < -0.4 is 0 Å². The zero-order chi connectivity index (χ0) is 14.5. The summed E-state index contributed by atoms with van der Waals surface area (Å²) in [6.45, 7) is 4.51. The van der Waals surface area contributed by atoms with Gasteiger partial charge in [0, 0.05) is 19.1 Å². The number of aliphatic carboxylic acids is 1. The van der Waals surface area contributed by atoms with Gasteiger partial charge in [-0.2, -0.15) is 0 Å². The number of piperidine rings is 2. The highest BCUT2D eigenvalue weighted by atomic mass is 16.4. The molecule has 1 N–H and O–H groups in total. The smallest absolute Gasteiger partial charge is 0.304 e. The van der Waals surface area contributed by atoms with Crippen LogP contribution in [-0.2, 0) is 9.59 Å². The first-order chi connectivity index (χ1) is 9.59. The fourth-order valence-electron chi connectivity index (χ4n) is 3.47. The van der Waals surface area contributed by atoms with Crippen LogP contribution in [0.5, 0.6) is 0 Å². The van der Waals surface area contributed by atoms with Crippen molar-refractivity contribution in [2.24, 2.45) is 0 Å². The lowest BCUT2D eigenvalue weighted by molar-refractivity contribution is -0.143. The van der Waals surface area contributed by atoms with E-state index in [2.05, 4.69) is 4.90 Å². The van der Waals surface area contributed by atoms with Gasteiger partial charge in [0.05, 0.1) is 12.5 Å². The molecule has 0 aliphatic carbocycles. The lowest BCUT2D eigenvalue weighted by Crippen LogP contribution is -2.54. The zero-order valence-corrected chi connectivity index (χ0v) is 12.4. The Balaban J connectivity index is 1.98. The molecule has 2 aliphatic heterocycles. The van der Waals surface area contributed by atoms with Crippen LogP contribution in [0.4, 0.5) is 0 Å². The third kappa shape index (κ3) is 3.72. The quantitative estimate of drug-likeness (QED) is 0.853. The van der Waals surface area contributed by atoms with E-state index in [1.807, 2.05) is 11.8 Å². The topological polar surface area (TPSA) is 60.9 Å². The summed E-state index contributed by atoms with van der Waals surface area (Å²) in [6, 6.07) is -0.164. The molecule has 0 spiro atoms. The number of nitrogens with zero attached hydrogens (tertiary/aromatic N) is 2. The van der Waals surface area contributed by atoms with Gasteiger partial charge in [-0.3, -0.25) is 14.5 Å². The first-order valence-corrected chi connectivity index (χ1v) is 7.86. The van der Waals surface area contributed by atoms with Gasteiger partial charge in [0.1, 0.15) is 0 Å². The number of rotatable bonds is 4. The molecule has 0 aromatic carbocycles. The SMILES string of the molecule is CC(C(=O)N1CCCCC1)N1CCCCC1CC(=O)O.